The number of hydrogen-bond donors (Lipinski definition) is 6. The predicted molar refractivity (Wildman–Crippen MR) is 268 cm³/mol. The maximum atomic E-state index is 14.4. The molecule has 0 saturated carbocycles. The van der Waals surface area contributed by atoms with E-state index in [4.69, 9.17) is 0 Å². The Morgan fingerprint density at radius 1 is 0.500 bits per heavy atom. The van der Waals surface area contributed by atoms with Crippen LogP contribution in [0.1, 0.15) is 125 Å². The summed E-state index contributed by atoms with van der Waals surface area (Å²) in [5.41, 5.74) is 2.37. The van der Waals surface area contributed by atoms with Crippen LogP contribution in [0.15, 0.2) is 84.9 Å². The van der Waals surface area contributed by atoms with Crippen molar-refractivity contribution >= 4 is 47.0 Å². The number of benzene rings is 3. The summed E-state index contributed by atoms with van der Waals surface area (Å²) < 4.78 is 0. The minimum atomic E-state index is -0.917. The fraction of sp³-hybridized carbons (Fsp3) is 0.519. The predicted octanol–water partition coefficient (Wildman–Crippen LogP) is 4.52. The molecule has 2 saturated heterocycles. The molecule has 2 heterocycles. The van der Waals surface area contributed by atoms with Gasteiger partial charge in [0.25, 0.3) is 0 Å². The van der Waals surface area contributed by atoms with Gasteiger partial charge in [0.05, 0.1) is 24.2 Å². The molecule has 0 radical (unpaired) electrons. The van der Waals surface area contributed by atoms with Gasteiger partial charge in [-0.15, -0.1) is 0 Å². The van der Waals surface area contributed by atoms with Crippen LogP contribution in [-0.2, 0) is 28.8 Å². The number of likely N-dealkylation sites (N-methyl/N-ethyl adjacent to an activating group) is 2. The van der Waals surface area contributed by atoms with E-state index in [1.54, 1.807) is 52.2 Å². The van der Waals surface area contributed by atoms with Gasteiger partial charge in [-0.3, -0.25) is 38.4 Å². The molecule has 0 aromatic heterocycles. The number of carbonyl (C=O) groups excluding carboxylic acids is 8. The van der Waals surface area contributed by atoms with Crippen LogP contribution in [0.4, 0.5) is 0 Å². The van der Waals surface area contributed by atoms with Crippen molar-refractivity contribution in [3.05, 3.63) is 107 Å². The summed E-state index contributed by atoms with van der Waals surface area (Å²) >= 11 is 0. The third-order valence-corrected chi connectivity index (χ3v) is 13.8. The molecule has 0 aliphatic carbocycles. The number of amides is 6. The summed E-state index contributed by atoms with van der Waals surface area (Å²) in [5.74, 6) is -4.21. The molecule has 2 aliphatic heterocycles. The van der Waals surface area contributed by atoms with Gasteiger partial charge in [-0.2, -0.15) is 0 Å². The van der Waals surface area contributed by atoms with Gasteiger partial charge in [0, 0.05) is 37.1 Å². The van der Waals surface area contributed by atoms with Crippen molar-refractivity contribution in [3.63, 3.8) is 0 Å². The van der Waals surface area contributed by atoms with Crippen molar-refractivity contribution in [2.45, 2.75) is 129 Å². The maximum absolute atomic E-state index is 14.4. The van der Waals surface area contributed by atoms with Crippen molar-refractivity contribution < 1.29 is 38.4 Å². The second kappa shape index (κ2) is 25.0. The molecular weight excluding hydrogens is 889 g/mol. The summed E-state index contributed by atoms with van der Waals surface area (Å²) in [6.45, 7) is 14.6. The van der Waals surface area contributed by atoms with Crippen LogP contribution in [0.5, 0.6) is 0 Å². The second-order valence-electron chi connectivity index (χ2n) is 19.8. The lowest BCUT2D eigenvalue weighted by Gasteiger charge is -2.31. The van der Waals surface area contributed by atoms with Crippen LogP contribution in [0.2, 0.25) is 0 Å². The van der Waals surface area contributed by atoms with E-state index < -0.39 is 59.9 Å². The Morgan fingerprint density at radius 2 is 0.857 bits per heavy atom. The average Bonchev–Trinajstić information content (AvgIpc) is 3.98. The van der Waals surface area contributed by atoms with Gasteiger partial charge < -0.3 is 41.7 Å². The molecule has 0 spiro atoms. The Kier molecular flexibility index (Phi) is 19.6. The zero-order valence-corrected chi connectivity index (χ0v) is 42.4. The number of carbonyl (C=O) groups is 8. The van der Waals surface area contributed by atoms with Crippen molar-refractivity contribution in [2.24, 2.45) is 23.7 Å². The van der Waals surface area contributed by atoms with E-state index in [0.29, 0.717) is 11.1 Å². The number of nitrogens with zero attached hydrogens (tertiary/aromatic N) is 2. The van der Waals surface area contributed by atoms with Gasteiger partial charge in [-0.25, -0.2) is 0 Å². The Hall–Kier alpha value is -6.26. The lowest BCUT2D eigenvalue weighted by atomic mass is 9.92. The highest BCUT2D eigenvalue weighted by Gasteiger charge is 2.45. The molecule has 10 atom stereocenters. The third kappa shape index (κ3) is 14.0. The first-order chi connectivity index (χ1) is 33.2. The van der Waals surface area contributed by atoms with Gasteiger partial charge in [-0.1, -0.05) is 107 Å². The van der Waals surface area contributed by atoms with Crippen molar-refractivity contribution in [1.82, 2.24) is 41.7 Å². The molecule has 2 fully saturated rings. The van der Waals surface area contributed by atoms with Crippen LogP contribution in [-0.4, -0.2) is 120 Å². The number of nitrogens with one attached hydrogen (secondary N) is 6. The minimum absolute atomic E-state index is 0.00647. The van der Waals surface area contributed by atoms with E-state index in [2.05, 4.69) is 31.9 Å². The lowest BCUT2D eigenvalue weighted by molar-refractivity contribution is -0.142. The van der Waals surface area contributed by atoms with E-state index >= 15 is 0 Å². The summed E-state index contributed by atoms with van der Waals surface area (Å²) in [6.07, 6.45) is 0.405. The molecule has 3 aromatic carbocycles. The SMILES string of the molecule is CN[C@@H](C)C(=O)N[C@H](C(=O)N1C[C@@H](CC(=O)c2cccc(C(=O)C[C@H]3C[C@@H](C(=O)N[C@H](C)c4ccccc4)N(C(=O)[C@@H](NC(=O)[C@H](C)NC)C(C)C)C3)c2)C[C@H]1C(=O)N[C@H](C)c1ccccc1)C(C)C. The number of ketones is 2. The van der Waals surface area contributed by atoms with Gasteiger partial charge >= 0.3 is 0 Å². The number of likely N-dealkylation sites (tertiary alicyclic amines) is 2. The zero-order chi connectivity index (χ0) is 51.4. The van der Waals surface area contributed by atoms with E-state index in [0.717, 1.165) is 11.1 Å². The van der Waals surface area contributed by atoms with Gasteiger partial charge in [0.1, 0.15) is 24.2 Å². The van der Waals surface area contributed by atoms with E-state index in [1.807, 2.05) is 102 Å². The van der Waals surface area contributed by atoms with Crippen molar-refractivity contribution in [2.75, 3.05) is 27.2 Å². The summed E-state index contributed by atoms with van der Waals surface area (Å²) in [5, 5.41) is 17.6. The normalized spacial score (nSPS) is 20.5. The van der Waals surface area contributed by atoms with Gasteiger partial charge in [-0.05, 0) is 95.5 Å². The topological polar surface area (TPSA) is 215 Å². The first kappa shape index (κ1) is 54.7. The quantitative estimate of drug-likeness (QED) is 0.0775. The fourth-order valence-electron chi connectivity index (χ4n) is 9.22. The monoisotopic (exact) mass is 963 g/mol. The molecule has 6 amide bonds. The number of rotatable bonds is 22. The van der Waals surface area contributed by atoms with Crippen molar-refractivity contribution in [1.29, 1.82) is 0 Å². The Balaban J connectivity index is 1.33. The van der Waals surface area contributed by atoms with Crippen LogP contribution in [0, 0.1) is 23.7 Å². The average molecular weight is 963 g/mol. The molecule has 3 aromatic rings. The van der Waals surface area contributed by atoms with E-state index in [1.165, 1.54) is 9.80 Å². The standard InChI is InChI=1S/C54H74N8O8/c1-31(2)47(59-49(65)35(7)55-9)53(69)61-29-37(24-43(61)51(67)57-33(5)39-18-13-11-14-19-39)26-45(63)41-22-17-23-42(28-41)46(64)27-38-25-44(52(68)58-34(6)40-20-15-12-16-21-40)62(30-38)54(70)48(32(3)4)60-50(66)36(8)56-10/h11-23,28,31-38,43-44,47-48,55-56H,24-27,29-30H2,1-10H3,(H,57,67)(H,58,68)(H,59,65)(H,60,66)/t33-,34-,35+,36+,37-,38-,43+,44+,47+,48+/m1/s1. The van der Waals surface area contributed by atoms with Crippen LogP contribution >= 0.6 is 0 Å². The fourth-order valence-corrected chi connectivity index (χ4v) is 9.22. The summed E-state index contributed by atoms with van der Waals surface area (Å²) in [4.78, 5) is 114. The van der Waals surface area contributed by atoms with E-state index in [-0.39, 0.29) is 97.9 Å². The molecular formula is C54H74N8O8. The molecule has 2 aliphatic rings. The smallest absolute Gasteiger partial charge is 0.246 e. The van der Waals surface area contributed by atoms with Gasteiger partial charge in [0.2, 0.25) is 35.4 Å². The number of hydrogen-bond acceptors (Lipinski definition) is 10. The molecule has 0 unspecified atom stereocenters. The molecule has 5 rings (SSSR count). The highest BCUT2D eigenvalue weighted by Crippen LogP contribution is 2.32. The Morgan fingerprint density at radius 3 is 1.19 bits per heavy atom. The Labute approximate surface area is 413 Å². The maximum Gasteiger partial charge on any atom is 0.246 e. The van der Waals surface area contributed by atoms with E-state index in [9.17, 15) is 38.4 Å². The lowest BCUT2D eigenvalue weighted by Crippen LogP contribution is -2.57. The summed E-state index contributed by atoms with van der Waals surface area (Å²) in [6, 6.07) is 19.9. The first-order valence-corrected chi connectivity index (χ1v) is 24.7. The summed E-state index contributed by atoms with van der Waals surface area (Å²) in [7, 11) is 3.30. The second-order valence-corrected chi connectivity index (χ2v) is 19.8. The van der Waals surface area contributed by atoms with Crippen LogP contribution in [0.25, 0.3) is 0 Å². The molecule has 16 heteroatoms. The molecule has 0 bridgehead atoms. The van der Waals surface area contributed by atoms with Crippen molar-refractivity contribution in [3.8, 4) is 0 Å². The third-order valence-electron chi connectivity index (χ3n) is 13.8. The van der Waals surface area contributed by atoms with Crippen LogP contribution < -0.4 is 31.9 Å². The first-order valence-electron chi connectivity index (χ1n) is 24.7. The molecule has 16 nitrogen and oxygen atoms in total. The molecule has 378 valence electrons. The largest absolute Gasteiger partial charge is 0.348 e. The molecule has 6 N–H and O–H groups in total. The minimum Gasteiger partial charge on any atom is -0.348 e. The highest BCUT2D eigenvalue weighted by molar-refractivity contribution is 6.02. The Bertz CT molecular complexity index is 2170. The van der Waals surface area contributed by atoms with Gasteiger partial charge in [0.15, 0.2) is 11.6 Å². The highest BCUT2D eigenvalue weighted by atomic mass is 16.2. The molecule has 70 heavy (non-hydrogen) atoms. The number of Topliss-reactive ketones (excluding diaryl/α,β-unsaturated/α-hetero) is 2. The van der Waals surface area contributed by atoms with Crippen LogP contribution in [0.3, 0.4) is 0 Å². The zero-order valence-electron chi connectivity index (χ0n) is 42.4.